The van der Waals surface area contributed by atoms with Crippen LogP contribution in [0, 0.1) is 17.8 Å². The van der Waals surface area contributed by atoms with Crippen molar-refractivity contribution in [2.75, 3.05) is 26.7 Å². The number of rotatable bonds is 1. The van der Waals surface area contributed by atoms with E-state index in [1.165, 1.54) is 7.11 Å². The van der Waals surface area contributed by atoms with Crippen LogP contribution in [0.2, 0.25) is 0 Å². The third-order valence-corrected chi connectivity index (χ3v) is 3.22. The van der Waals surface area contributed by atoms with Gasteiger partial charge in [-0.3, -0.25) is 4.79 Å². The molecule has 0 aromatic rings. The average Bonchev–Trinajstić information content (AvgIpc) is 2.60. The van der Waals surface area contributed by atoms with Crippen molar-refractivity contribution in [1.82, 2.24) is 4.90 Å². The zero-order valence-electron chi connectivity index (χ0n) is 7.62. The van der Waals surface area contributed by atoms with Crippen molar-refractivity contribution in [2.45, 2.75) is 6.92 Å². The first-order valence-electron chi connectivity index (χ1n) is 4.52. The number of carbonyl (C=O) groups is 1. The van der Waals surface area contributed by atoms with E-state index in [9.17, 15) is 4.79 Å². The minimum absolute atomic E-state index is 0.0194. The molecule has 2 heterocycles. The number of carbonyl (C=O) groups excluding carboxylic acids is 1. The molecule has 2 bridgehead atoms. The van der Waals surface area contributed by atoms with E-state index < -0.39 is 0 Å². The van der Waals surface area contributed by atoms with E-state index in [1.807, 2.05) is 0 Å². The third kappa shape index (κ3) is 1.04. The molecule has 2 aliphatic rings. The average molecular weight is 169 g/mol. The van der Waals surface area contributed by atoms with Gasteiger partial charge in [0.05, 0.1) is 13.0 Å². The molecule has 68 valence electrons. The second-order valence-electron chi connectivity index (χ2n) is 3.99. The summed E-state index contributed by atoms with van der Waals surface area (Å²) in [6, 6.07) is 0. The Labute approximate surface area is 72.7 Å². The second kappa shape index (κ2) is 2.73. The number of piperidine rings is 1. The maximum absolute atomic E-state index is 11.3. The van der Waals surface area contributed by atoms with E-state index >= 15 is 0 Å². The Hall–Kier alpha value is -0.570. The molecule has 0 aromatic carbocycles. The normalized spacial score (nSPS) is 44.8. The van der Waals surface area contributed by atoms with Gasteiger partial charge < -0.3 is 9.64 Å². The fraction of sp³-hybridized carbons (Fsp3) is 0.889. The van der Waals surface area contributed by atoms with Crippen molar-refractivity contribution in [3.8, 4) is 0 Å². The lowest BCUT2D eigenvalue weighted by atomic mass is 9.85. The van der Waals surface area contributed by atoms with Crippen molar-refractivity contribution < 1.29 is 9.53 Å². The van der Waals surface area contributed by atoms with E-state index in [1.54, 1.807) is 0 Å². The first-order chi connectivity index (χ1) is 5.72. The van der Waals surface area contributed by atoms with Crippen LogP contribution in [0.5, 0.6) is 0 Å². The Balaban J connectivity index is 2.07. The zero-order chi connectivity index (χ0) is 8.72. The Kier molecular flexibility index (Phi) is 1.83. The van der Waals surface area contributed by atoms with Crippen LogP contribution in [0.25, 0.3) is 0 Å². The molecular weight excluding hydrogens is 154 g/mol. The van der Waals surface area contributed by atoms with E-state index in [0.717, 1.165) is 19.6 Å². The molecule has 3 heteroatoms. The first kappa shape index (κ1) is 8.05. The molecule has 0 saturated carbocycles. The van der Waals surface area contributed by atoms with Gasteiger partial charge in [0, 0.05) is 19.6 Å². The highest BCUT2D eigenvalue weighted by Gasteiger charge is 2.46. The number of hydrogen-bond acceptors (Lipinski definition) is 3. The fourth-order valence-electron chi connectivity index (χ4n) is 2.58. The molecule has 2 aliphatic heterocycles. The van der Waals surface area contributed by atoms with Crippen LogP contribution in [-0.4, -0.2) is 37.6 Å². The molecule has 0 amide bonds. The van der Waals surface area contributed by atoms with Crippen LogP contribution in [0.3, 0.4) is 0 Å². The third-order valence-electron chi connectivity index (χ3n) is 3.22. The van der Waals surface area contributed by atoms with Gasteiger partial charge in [-0.15, -0.1) is 0 Å². The minimum atomic E-state index is -0.0194. The predicted octanol–water partition coefficient (Wildman–Crippen LogP) is 0.357. The topological polar surface area (TPSA) is 29.5 Å². The zero-order valence-corrected chi connectivity index (χ0v) is 7.62. The van der Waals surface area contributed by atoms with E-state index in [-0.39, 0.29) is 11.9 Å². The molecule has 0 aromatic heterocycles. The fourth-order valence-corrected chi connectivity index (χ4v) is 2.58. The minimum Gasteiger partial charge on any atom is -0.469 e. The second-order valence-corrected chi connectivity index (χ2v) is 3.99. The number of nitrogens with zero attached hydrogens (tertiary/aromatic N) is 1. The molecule has 12 heavy (non-hydrogen) atoms. The molecule has 2 saturated heterocycles. The van der Waals surface area contributed by atoms with Gasteiger partial charge >= 0.3 is 5.97 Å². The Bertz CT molecular complexity index is 205. The summed E-state index contributed by atoms with van der Waals surface area (Å²) >= 11 is 0. The summed E-state index contributed by atoms with van der Waals surface area (Å²) in [5, 5.41) is 0. The van der Waals surface area contributed by atoms with Crippen molar-refractivity contribution >= 4 is 5.97 Å². The van der Waals surface area contributed by atoms with Crippen molar-refractivity contribution in [3.63, 3.8) is 0 Å². The largest absolute Gasteiger partial charge is 0.469 e. The highest BCUT2D eigenvalue weighted by Crippen LogP contribution is 2.37. The van der Waals surface area contributed by atoms with Gasteiger partial charge in [-0.2, -0.15) is 0 Å². The van der Waals surface area contributed by atoms with Gasteiger partial charge in [0.15, 0.2) is 0 Å². The summed E-state index contributed by atoms with van der Waals surface area (Å²) < 4.78 is 4.77. The van der Waals surface area contributed by atoms with Gasteiger partial charge in [0.25, 0.3) is 0 Å². The lowest BCUT2D eigenvalue weighted by Crippen LogP contribution is -2.34. The maximum Gasteiger partial charge on any atom is 0.310 e. The SMILES string of the molecule is COC(=O)C1CN2CC(C)C1C2. The molecule has 4 atom stereocenters. The molecule has 2 rings (SSSR count). The lowest BCUT2D eigenvalue weighted by molar-refractivity contribution is -0.147. The number of fused-ring (bicyclic) bond motifs is 2. The van der Waals surface area contributed by atoms with Crippen LogP contribution in [0.4, 0.5) is 0 Å². The summed E-state index contributed by atoms with van der Waals surface area (Å²) in [4.78, 5) is 13.7. The molecule has 0 radical (unpaired) electrons. The number of hydrogen-bond donors (Lipinski definition) is 0. The van der Waals surface area contributed by atoms with Gasteiger partial charge in [0.2, 0.25) is 0 Å². The van der Waals surface area contributed by atoms with Crippen molar-refractivity contribution in [3.05, 3.63) is 0 Å². The van der Waals surface area contributed by atoms with Gasteiger partial charge in [-0.25, -0.2) is 0 Å². The van der Waals surface area contributed by atoms with E-state index in [4.69, 9.17) is 4.74 Å². The van der Waals surface area contributed by atoms with Crippen LogP contribution >= 0.6 is 0 Å². The van der Waals surface area contributed by atoms with E-state index in [0.29, 0.717) is 11.8 Å². The summed E-state index contributed by atoms with van der Waals surface area (Å²) in [7, 11) is 1.48. The van der Waals surface area contributed by atoms with Gasteiger partial charge in [-0.05, 0) is 11.8 Å². The standard InChI is InChI=1S/C9H15NO2/c1-6-3-10-4-7(6)8(5-10)9(11)12-2/h6-8H,3-5H2,1-2H3. The van der Waals surface area contributed by atoms with E-state index in [2.05, 4.69) is 11.8 Å². The van der Waals surface area contributed by atoms with Gasteiger partial charge in [0.1, 0.15) is 0 Å². The summed E-state index contributed by atoms with van der Waals surface area (Å²) in [6.07, 6.45) is 0. The molecule has 0 N–H and O–H groups in total. The Morgan fingerprint density at radius 2 is 2.17 bits per heavy atom. The predicted molar refractivity (Wildman–Crippen MR) is 44.6 cm³/mol. The molecule has 4 unspecified atom stereocenters. The van der Waals surface area contributed by atoms with Crippen LogP contribution < -0.4 is 0 Å². The van der Waals surface area contributed by atoms with Crippen LogP contribution in [0.1, 0.15) is 6.92 Å². The highest BCUT2D eigenvalue weighted by atomic mass is 16.5. The van der Waals surface area contributed by atoms with Crippen LogP contribution in [-0.2, 0) is 9.53 Å². The molecule has 2 fully saturated rings. The van der Waals surface area contributed by atoms with Gasteiger partial charge in [-0.1, -0.05) is 6.92 Å². The quantitative estimate of drug-likeness (QED) is 0.531. The molecular formula is C9H15NO2. The van der Waals surface area contributed by atoms with Crippen molar-refractivity contribution in [2.24, 2.45) is 17.8 Å². The molecule has 3 nitrogen and oxygen atoms in total. The summed E-state index contributed by atoms with van der Waals surface area (Å²) in [5.74, 6) is 1.35. The first-order valence-corrected chi connectivity index (χ1v) is 4.52. The van der Waals surface area contributed by atoms with Crippen molar-refractivity contribution in [1.29, 1.82) is 0 Å². The monoisotopic (exact) mass is 169 g/mol. The highest BCUT2D eigenvalue weighted by molar-refractivity contribution is 5.73. The maximum atomic E-state index is 11.3. The Morgan fingerprint density at radius 1 is 1.42 bits per heavy atom. The lowest BCUT2D eigenvalue weighted by Gasteiger charge is -2.24. The van der Waals surface area contributed by atoms with Crippen LogP contribution in [0.15, 0.2) is 0 Å². The summed E-state index contributed by atoms with van der Waals surface area (Å²) in [6.45, 7) is 5.40. The molecule has 0 spiro atoms. The number of methoxy groups -OCH3 is 1. The number of ether oxygens (including phenoxy) is 1. The smallest absolute Gasteiger partial charge is 0.310 e. The summed E-state index contributed by atoms with van der Waals surface area (Å²) in [5.41, 5.74) is 0. The molecule has 0 aliphatic carbocycles. The number of esters is 1. The Morgan fingerprint density at radius 3 is 2.67 bits per heavy atom.